The number of aromatic nitrogens is 2. The Balaban J connectivity index is 1.68. The van der Waals surface area contributed by atoms with Crippen molar-refractivity contribution in [1.82, 2.24) is 14.7 Å². The summed E-state index contributed by atoms with van der Waals surface area (Å²) in [5.74, 6) is 0.218. The molecular formula is C17H20FN3OS3. The summed E-state index contributed by atoms with van der Waals surface area (Å²) in [6.45, 7) is 4.23. The van der Waals surface area contributed by atoms with Crippen LogP contribution in [0.4, 0.5) is 4.39 Å². The molecule has 0 saturated carbocycles. The van der Waals surface area contributed by atoms with Gasteiger partial charge in [-0.2, -0.15) is 0 Å². The molecule has 2 atom stereocenters. The monoisotopic (exact) mass is 397 g/mol. The molecule has 1 fully saturated rings. The highest BCUT2D eigenvalue weighted by Crippen LogP contribution is 2.27. The summed E-state index contributed by atoms with van der Waals surface area (Å²) in [6, 6.07) is 6.64. The van der Waals surface area contributed by atoms with Crippen LogP contribution >= 0.6 is 35.3 Å². The predicted molar refractivity (Wildman–Crippen MR) is 103 cm³/mol. The maximum absolute atomic E-state index is 13.1. The first kappa shape index (κ1) is 18.5. The first-order chi connectivity index (χ1) is 12.0. The Hall–Kier alpha value is -1.25. The third-order valence-corrected chi connectivity index (χ3v) is 6.75. The van der Waals surface area contributed by atoms with E-state index in [-0.39, 0.29) is 11.7 Å². The molecular weight excluding hydrogens is 377 g/mol. The van der Waals surface area contributed by atoms with Gasteiger partial charge in [0.1, 0.15) is 5.82 Å². The summed E-state index contributed by atoms with van der Waals surface area (Å²) in [6.07, 6.45) is 3.32. The highest BCUT2D eigenvalue weighted by Gasteiger charge is 2.28. The molecule has 1 aromatic heterocycles. The van der Waals surface area contributed by atoms with Crippen LogP contribution in [0.1, 0.15) is 33.1 Å². The second-order valence-electron chi connectivity index (χ2n) is 6.24. The van der Waals surface area contributed by atoms with Crippen LogP contribution in [0.25, 0.3) is 5.69 Å². The highest BCUT2D eigenvalue weighted by molar-refractivity contribution is 8.01. The number of hydrogen-bond donors (Lipinski definition) is 0. The minimum Gasteiger partial charge on any atom is -0.337 e. The van der Waals surface area contributed by atoms with E-state index in [1.54, 1.807) is 16.8 Å². The van der Waals surface area contributed by atoms with Gasteiger partial charge in [-0.05, 0) is 69.6 Å². The van der Waals surface area contributed by atoms with Gasteiger partial charge < -0.3 is 4.90 Å². The fourth-order valence-electron chi connectivity index (χ4n) is 3.18. The lowest BCUT2D eigenvalue weighted by atomic mass is 9.98. The van der Waals surface area contributed by atoms with Crippen LogP contribution in [0.3, 0.4) is 0 Å². The summed E-state index contributed by atoms with van der Waals surface area (Å²) < 4.78 is 16.0. The minimum atomic E-state index is -0.296. The van der Waals surface area contributed by atoms with Gasteiger partial charge in [0.2, 0.25) is 5.91 Å². The number of hydrogen-bond acceptors (Lipinski definition) is 5. The second-order valence-corrected chi connectivity index (χ2v) is 9.09. The van der Waals surface area contributed by atoms with E-state index >= 15 is 0 Å². The van der Waals surface area contributed by atoms with Crippen LogP contribution < -0.4 is 0 Å². The molecule has 1 aliphatic heterocycles. The van der Waals surface area contributed by atoms with Crippen LogP contribution in [-0.2, 0) is 4.79 Å². The SMILES string of the molecule is CC1CCCC(C)N1C(=O)CSc1nn(-c2ccc(F)cc2)c(=S)s1. The van der Waals surface area contributed by atoms with E-state index < -0.39 is 0 Å². The second kappa shape index (κ2) is 7.97. The van der Waals surface area contributed by atoms with Gasteiger partial charge in [0.05, 0.1) is 11.4 Å². The maximum atomic E-state index is 13.1. The van der Waals surface area contributed by atoms with Crippen LogP contribution in [0.15, 0.2) is 28.6 Å². The number of thioether (sulfide) groups is 1. The highest BCUT2D eigenvalue weighted by atomic mass is 32.2. The van der Waals surface area contributed by atoms with Crippen LogP contribution in [-0.4, -0.2) is 38.4 Å². The normalized spacial score (nSPS) is 20.7. The number of carbonyl (C=O) groups is 1. The minimum absolute atomic E-state index is 0.152. The van der Waals surface area contributed by atoms with E-state index in [2.05, 4.69) is 18.9 Å². The molecule has 0 bridgehead atoms. The van der Waals surface area contributed by atoms with Crippen LogP contribution in [0.2, 0.25) is 0 Å². The Kier molecular flexibility index (Phi) is 5.91. The van der Waals surface area contributed by atoms with Crippen molar-refractivity contribution in [2.45, 2.75) is 49.5 Å². The molecule has 1 amide bonds. The van der Waals surface area contributed by atoms with Gasteiger partial charge in [-0.3, -0.25) is 4.79 Å². The van der Waals surface area contributed by atoms with E-state index in [9.17, 15) is 9.18 Å². The van der Waals surface area contributed by atoms with Gasteiger partial charge in [-0.15, -0.1) is 5.10 Å². The number of benzene rings is 1. The molecule has 0 aliphatic carbocycles. The van der Waals surface area contributed by atoms with Crippen molar-refractivity contribution < 1.29 is 9.18 Å². The third kappa shape index (κ3) is 4.30. The quantitative estimate of drug-likeness (QED) is 0.554. The maximum Gasteiger partial charge on any atom is 0.233 e. The van der Waals surface area contributed by atoms with Crippen molar-refractivity contribution in [3.63, 3.8) is 0 Å². The van der Waals surface area contributed by atoms with E-state index in [1.165, 1.54) is 41.7 Å². The lowest BCUT2D eigenvalue weighted by Gasteiger charge is -2.39. The number of halogens is 1. The lowest BCUT2D eigenvalue weighted by Crippen LogP contribution is -2.48. The number of rotatable bonds is 4. The van der Waals surface area contributed by atoms with Gasteiger partial charge in [0.25, 0.3) is 0 Å². The molecule has 2 unspecified atom stereocenters. The Morgan fingerprint density at radius 2 is 1.96 bits per heavy atom. The summed E-state index contributed by atoms with van der Waals surface area (Å²) in [5.41, 5.74) is 0.721. The van der Waals surface area contributed by atoms with Crippen molar-refractivity contribution in [3.8, 4) is 5.69 Å². The Bertz CT molecular complexity index is 792. The number of likely N-dealkylation sites (tertiary alicyclic amines) is 1. The molecule has 0 N–H and O–H groups in total. The summed E-state index contributed by atoms with van der Waals surface area (Å²) >= 11 is 8.13. The lowest BCUT2D eigenvalue weighted by molar-refractivity contribution is -0.134. The van der Waals surface area contributed by atoms with Crippen molar-refractivity contribution in [2.24, 2.45) is 0 Å². The van der Waals surface area contributed by atoms with Crippen molar-refractivity contribution >= 4 is 41.2 Å². The zero-order chi connectivity index (χ0) is 18.0. The zero-order valence-electron chi connectivity index (χ0n) is 14.1. The number of nitrogens with zero attached hydrogens (tertiary/aromatic N) is 3. The van der Waals surface area contributed by atoms with E-state index in [0.717, 1.165) is 22.9 Å². The molecule has 134 valence electrons. The van der Waals surface area contributed by atoms with E-state index in [0.29, 0.717) is 21.8 Å². The Morgan fingerprint density at radius 3 is 2.60 bits per heavy atom. The first-order valence-electron chi connectivity index (χ1n) is 8.26. The average Bonchev–Trinajstić information content (AvgIpc) is 2.94. The topological polar surface area (TPSA) is 38.1 Å². The molecule has 1 saturated heterocycles. The molecule has 8 heteroatoms. The van der Waals surface area contributed by atoms with Gasteiger partial charge >= 0.3 is 0 Å². The number of carbonyl (C=O) groups excluding carboxylic acids is 1. The van der Waals surface area contributed by atoms with E-state index in [4.69, 9.17) is 12.2 Å². The van der Waals surface area contributed by atoms with Crippen molar-refractivity contribution in [3.05, 3.63) is 34.0 Å². The molecule has 0 spiro atoms. The number of amides is 1. The smallest absolute Gasteiger partial charge is 0.233 e. The molecule has 3 rings (SSSR count). The van der Waals surface area contributed by atoms with Gasteiger partial charge in [-0.25, -0.2) is 9.07 Å². The Morgan fingerprint density at radius 1 is 1.32 bits per heavy atom. The fourth-order valence-corrected chi connectivity index (χ4v) is 5.41. The van der Waals surface area contributed by atoms with Crippen LogP contribution in [0, 0.1) is 9.77 Å². The molecule has 0 radical (unpaired) electrons. The summed E-state index contributed by atoms with van der Waals surface area (Å²) in [7, 11) is 0. The van der Waals surface area contributed by atoms with E-state index in [1.807, 2.05) is 4.90 Å². The zero-order valence-corrected chi connectivity index (χ0v) is 16.6. The third-order valence-electron chi connectivity index (χ3n) is 4.40. The largest absolute Gasteiger partial charge is 0.337 e. The average molecular weight is 398 g/mol. The van der Waals surface area contributed by atoms with Gasteiger partial charge in [-0.1, -0.05) is 23.1 Å². The van der Waals surface area contributed by atoms with Gasteiger partial charge in [0, 0.05) is 12.1 Å². The van der Waals surface area contributed by atoms with Gasteiger partial charge in [0.15, 0.2) is 8.29 Å². The molecule has 1 aliphatic rings. The number of piperidine rings is 1. The van der Waals surface area contributed by atoms with Crippen molar-refractivity contribution in [2.75, 3.05) is 5.75 Å². The summed E-state index contributed by atoms with van der Waals surface area (Å²) in [5, 5.41) is 4.47. The fraction of sp³-hybridized carbons (Fsp3) is 0.471. The molecule has 4 nitrogen and oxygen atoms in total. The van der Waals surface area contributed by atoms with Crippen molar-refractivity contribution in [1.29, 1.82) is 0 Å². The standard InChI is InChI=1S/C17H20FN3OS3/c1-11-4-3-5-12(2)20(11)15(22)10-24-16-19-21(17(23)25-16)14-8-6-13(18)7-9-14/h6-9,11-12H,3-5,10H2,1-2H3. The molecule has 2 heterocycles. The Labute approximate surface area is 160 Å². The van der Waals surface area contributed by atoms with Crippen LogP contribution in [0.5, 0.6) is 0 Å². The summed E-state index contributed by atoms with van der Waals surface area (Å²) in [4.78, 5) is 14.6. The predicted octanol–water partition coefficient (Wildman–Crippen LogP) is 4.68. The molecule has 1 aromatic carbocycles. The molecule has 25 heavy (non-hydrogen) atoms. The molecule has 2 aromatic rings. The first-order valence-corrected chi connectivity index (χ1v) is 10.5.